The summed E-state index contributed by atoms with van der Waals surface area (Å²) in [6, 6.07) is 5.93. The van der Waals surface area contributed by atoms with Crippen LogP contribution in [-0.4, -0.2) is 27.8 Å². The first-order valence-electron chi connectivity index (χ1n) is 7.16. The number of nitrogens with one attached hydrogen (secondary N) is 2. The summed E-state index contributed by atoms with van der Waals surface area (Å²) in [5.41, 5.74) is 1.91. The summed E-state index contributed by atoms with van der Waals surface area (Å²) >= 11 is 1.61. The van der Waals surface area contributed by atoms with E-state index in [1.165, 1.54) is 0 Å². The minimum Gasteiger partial charge on any atom is -0.443 e. The van der Waals surface area contributed by atoms with Crippen LogP contribution in [0.25, 0.3) is 10.8 Å². The van der Waals surface area contributed by atoms with Crippen LogP contribution in [0.3, 0.4) is 0 Å². The highest BCUT2D eigenvalue weighted by Gasteiger charge is 2.08. The molecule has 23 heavy (non-hydrogen) atoms. The van der Waals surface area contributed by atoms with Crippen LogP contribution in [0.15, 0.2) is 45.4 Å². The molecule has 120 valence electrons. The molecule has 3 heterocycles. The molecule has 0 saturated carbocycles. The van der Waals surface area contributed by atoms with Crippen LogP contribution in [0.2, 0.25) is 0 Å². The quantitative estimate of drug-likeness (QED) is 0.552. The molecular weight excluding hydrogens is 312 g/mol. The van der Waals surface area contributed by atoms with Crippen molar-refractivity contribution in [3.63, 3.8) is 0 Å². The predicted octanol–water partition coefficient (Wildman–Crippen LogP) is 2.00. The van der Waals surface area contributed by atoms with Gasteiger partial charge in [-0.05, 0) is 17.5 Å². The molecule has 0 unspecified atom stereocenters. The zero-order valence-electron chi connectivity index (χ0n) is 13.0. The SMILES string of the molecule is CN=C(NCc1coc(-c2cccs2)n1)NCc1ccnn1C. The molecule has 0 aromatic carbocycles. The molecule has 3 aromatic heterocycles. The average Bonchev–Trinajstić information content (AvgIpc) is 3.28. The van der Waals surface area contributed by atoms with Gasteiger partial charge in [0.15, 0.2) is 5.96 Å². The molecule has 3 rings (SSSR count). The second-order valence-electron chi connectivity index (χ2n) is 4.85. The summed E-state index contributed by atoms with van der Waals surface area (Å²) in [5, 5.41) is 12.6. The van der Waals surface area contributed by atoms with Crippen LogP contribution in [0, 0.1) is 0 Å². The third-order valence-corrected chi connectivity index (χ3v) is 4.16. The van der Waals surface area contributed by atoms with Crippen LogP contribution in [0.5, 0.6) is 0 Å². The molecule has 0 aliphatic rings. The Hall–Kier alpha value is -2.61. The molecule has 3 aromatic rings. The van der Waals surface area contributed by atoms with Gasteiger partial charge in [0.1, 0.15) is 6.26 Å². The minimum atomic E-state index is 0.542. The Labute approximate surface area is 138 Å². The van der Waals surface area contributed by atoms with Crippen molar-refractivity contribution in [1.82, 2.24) is 25.4 Å². The van der Waals surface area contributed by atoms with Crippen LogP contribution in [0.1, 0.15) is 11.4 Å². The van der Waals surface area contributed by atoms with E-state index in [0.717, 1.165) is 16.3 Å². The lowest BCUT2D eigenvalue weighted by molar-refractivity contribution is 0.573. The fraction of sp³-hybridized carbons (Fsp3) is 0.267. The van der Waals surface area contributed by atoms with E-state index in [2.05, 4.69) is 25.7 Å². The Kier molecular flexibility index (Phi) is 4.72. The number of hydrogen-bond donors (Lipinski definition) is 2. The molecule has 0 amide bonds. The highest BCUT2D eigenvalue weighted by atomic mass is 32.1. The molecule has 0 aliphatic carbocycles. The molecule has 0 aliphatic heterocycles. The Balaban J connectivity index is 1.53. The summed E-state index contributed by atoms with van der Waals surface area (Å²) in [6.07, 6.45) is 3.44. The molecule has 0 saturated heterocycles. The van der Waals surface area contributed by atoms with Gasteiger partial charge in [-0.15, -0.1) is 11.3 Å². The molecule has 0 radical (unpaired) electrons. The van der Waals surface area contributed by atoms with Crippen LogP contribution < -0.4 is 10.6 Å². The van der Waals surface area contributed by atoms with E-state index in [4.69, 9.17) is 4.42 Å². The number of nitrogens with zero attached hydrogens (tertiary/aromatic N) is 4. The average molecular weight is 330 g/mol. The van der Waals surface area contributed by atoms with Gasteiger partial charge < -0.3 is 15.1 Å². The first-order valence-corrected chi connectivity index (χ1v) is 8.04. The second kappa shape index (κ2) is 7.10. The highest BCUT2D eigenvalue weighted by Crippen LogP contribution is 2.23. The van der Waals surface area contributed by atoms with Crippen molar-refractivity contribution in [3.8, 4) is 10.8 Å². The van der Waals surface area contributed by atoms with Crippen LogP contribution >= 0.6 is 11.3 Å². The number of guanidine groups is 1. The lowest BCUT2D eigenvalue weighted by atomic mass is 10.4. The molecule has 0 fully saturated rings. The van der Waals surface area contributed by atoms with E-state index >= 15 is 0 Å². The summed E-state index contributed by atoms with van der Waals surface area (Å²) < 4.78 is 7.32. The van der Waals surface area contributed by atoms with E-state index in [0.29, 0.717) is 24.9 Å². The largest absolute Gasteiger partial charge is 0.443 e. The highest BCUT2D eigenvalue weighted by molar-refractivity contribution is 7.13. The predicted molar refractivity (Wildman–Crippen MR) is 90.1 cm³/mol. The van der Waals surface area contributed by atoms with E-state index < -0.39 is 0 Å². The Morgan fingerprint density at radius 2 is 2.22 bits per heavy atom. The summed E-state index contributed by atoms with van der Waals surface area (Å²) in [7, 11) is 3.65. The van der Waals surface area contributed by atoms with Gasteiger partial charge in [-0.3, -0.25) is 9.67 Å². The van der Waals surface area contributed by atoms with Gasteiger partial charge in [0.25, 0.3) is 0 Å². The van der Waals surface area contributed by atoms with Crippen LogP contribution in [0.4, 0.5) is 0 Å². The maximum atomic E-state index is 5.50. The maximum Gasteiger partial charge on any atom is 0.236 e. The zero-order chi connectivity index (χ0) is 16.1. The summed E-state index contributed by atoms with van der Waals surface area (Å²) in [5.74, 6) is 1.35. The second-order valence-corrected chi connectivity index (χ2v) is 5.79. The van der Waals surface area contributed by atoms with Gasteiger partial charge in [-0.25, -0.2) is 4.98 Å². The van der Waals surface area contributed by atoms with Gasteiger partial charge in [0.05, 0.1) is 29.4 Å². The summed E-state index contributed by atoms with van der Waals surface area (Å²) in [6.45, 7) is 1.19. The number of aryl methyl sites for hydroxylation is 1. The smallest absolute Gasteiger partial charge is 0.236 e. The van der Waals surface area contributed by atoms with E-state index in [-0.39, 0.29) is 0 Å². The number of oxazole rings is 1. The number of aliphatic imine (C=N–C) groups is 1. The van der Waals surface area contributed by atoms with Gasteiger partial charge >= 0.3 is 0 Å². The molecule has 2 N–H and O–H groups in total. The minimum absolute atomic E-state index is 0.542. The van der Waals surface area contributed by atoms with Crippen molar-refractivity contribution in [2.75, 3.05) is 7.05 Å². The molecule has 7 nitrogen and oxygen atoms in total. The topological polar surface area (TPSA) is 80.3 Å². The normalized spacial score (nSPS) is 11.7. The number of thiophene rings is 1. The lowest BCUT2D eigenvalue weighted by Gasteiger charge is -2.10. The van der Waals surface area contributed by atoms with Crippen LogP contribution in [-0.2, 0) is 20.1 Å². The third kappa shape index (κ3) is 3.78. The molecular formula is C15H18N6OS. The molecule has 0 atom stereocenters. The molecule has 0 bridgehead atoms. The van der Waals surface area contributed by atoms with Crippen molar-refractivity contribution in [2.24, 2.45) is 12.0 Å². The van der Waals surface area contributed by atoms with Gasteiger partial charge in [-0.1, -0.05) is 6.07 Å². The number of rotatable bonds is 5. The van der Waals surface area contributed by atoms with Crippen molar-refractivity contribution in [1.29, 1.82) is 0 Å². The summed E-state index contributed by atoms with van der Waals surface area (Å²) in [4.78, 5) is 9.69. The van der Waals surface area contributed by atoms with Gasteiger partial charge in [0.2, 0.25) is 5.89 Å². The first kappa shape index (κ1) is 15.3. The Morgan fingerprint density at radius 1 is 1.35 bits per heavy atom. The fourth-order valence-electron chi connectivity index (χ4n) is 2.05. The van der Waals surface area contributed by atoms with Crippen molar-refractivity contribution >= 4 is 17.3 Å². The third-order valence-electron chi connectivity index (χ3n) is 3.30. The first-order chi connectivity index (χ1) is 11.3. The monoisotopic (exact) mass is 330 g/mol. The number of aromatic nitrogens is 3. The molecule has 0 spiro atoms. The maximum absolute atomic E-state index is 5.50. The van der Waals surface area contributed by atoms with E-state index in [1.807, 2.05) is 35.3 Å². The molecule has 8 heteroatoms. The van der Waals surface area contributed by atoms with E-state index in [1.54, 1.807) is 30.8 Å². The van der Waals surface area contributed by atoms with Crippen molar-refractivity contribution < 1.29 is 4.42 Å². The van der Waals surface area contributed by atoms with Gasteiger partial charge in [-0.2, -0.15) is 5.10 Å². The lowest BCUT2D eigenvalue weighted by Crippen LogP contribution is -2.36. The van der Waals surface area contributed by atoms with Gasteiger partial charge in [0, 0.05) is 20.3 Å². The van der Waals surface area contributed by atoms with E-state index in [9.17, 15) is 0 Å². The van der Waals surface area contributed by atoms with Crippen molar-refractivity contribution in [3.05, 3.63) is 47.4 Å². The number of hydrogen-bond acceptors (Lipinski definition) is 5. The standard InChI is InChI=1S/C15H18N6OS/c1-16-15(18-9-12-5-6-19-21(12)2)17-8-11-10-22-14(20-11)13-4-3-7-23-13/h3-7,10H,8-9H2,1-2H3,(H2,16,17,18). The Morgan fingerprint density at radius 3 is 2.91 bits per heavy atom. The fourth-order valence-corrected chi connectivity index (χ4v) is 2.70. The van der Waals surface area contributed by atoms with Crippen molar-refractivity contribution in [2.45, 2.75) is 13.1 Å². The Bertz CT molecular complexity index is 774. The zero-order valence-corrected chi connectivity index (χ0v) is 13.8.